The topological polar surface area (TPSA) is 76.7 Å². The van der Waals surface area contributed by atoms with Gasteiger partial charge in [0.25, 0.3) is 0 Å². The maximum atomic E-state index is 11.7. The second kappa shape index (κ2) is 9.32. The molecule has 6 heteroatoms. The minimum atomic E-state index is -0.276. The molecule has 2 rings (SSSR count). The van der Waals surface area contributed by atoms with E-state index >= 15 is 0 Å². The van der Waals surface area contributed by atoms with Gasteiger partial charge in [0.15, 0.2) is 0 Å². The molecule has 0 atom stereocenters. The fraction of sp³-hybridized carbons (Fsp3) is 0.263. The summed E-state index contributed by atoms with van der Waals surface area (Å²) in [4.78, 5) is 22.9. The third kappa shape index (κ3) is 6.18. The van der Waals surface area contributed by atoms with Crippen molar-refractivity contribution < 1.29 is 19.1 Å². The van der Waals surface area contributed by atoms with E-state index in [4.69, 9.17) is 9.47 Å². The van der Waals surface area contributed by atoms with Crippen LogP contribution in [-0.2, 0) is 9.59 Å². The van der Waals surface area contributed by atoms with Crippen LogP contribution in [0.4, 0.5) is 5.69 Å². The molecule has 0 aliphatic carbocycles. The molecule has 0 unspecified atom stereocenters. The normalized spacial score (nSPS) is 10.0. The van der Waals surface area contributed by atoms with Crippen molar-refractivity contribution in [1.29, 1.82) is 0 Å². The molecule has 6 nitrogen and oxygen atoms in total. The standard InChI is InChI=1S/C19H22N2O4/c1-3-18(22)20-13-19(23)21-14-5-7-16(8-6-14)25-17-11-9-15(10-12-17)24-4-2/h5-12H,3-4,13H2,1-2H3,(H,20,22)(H,21,23). The van der Waals surface area contributed by atoms with Crippen LogP contribution in [0, 0.1) is 0 Å². The van der Waals surface area contributed by atoms with E-state index in [2.05, 4.69) is 10.6 Å². The van der Waals surface area contributed by atoms with E-state index in [9.17, 15) is 9.59 Å². The Balaban J connectivity index is 1.86. The lowest BCUT2D eigenvalue weighted by Gasteiger charge is -2.09. The minimum absolute atomic E-state index is 0.0445. The van der Waals surface area contributed by atoms with Gasteiger partial charge < -0.3 is 20.1 Å². The third-order valence-corrected chi connectivity index (χ3v) is 3.28. The summed E-state index contributed by atoms with van der Waals surface area (Å²) in [6.07, 6.45) is 0.352. The second-order valence-electron chi connectivity index (χ2n) is 5.21. The summed E-state index contributed by atoms with van der Waals surface area (Å²) >= 11 is 0. The van der Waals surface area contributed by atoms with Gasteiger partial charge in [-0.1, -0.05) is 6.92 Å². The van der Waals surface area contributed by atoms with Crippen molar-refractivity contribution in [2.75, 3.05) is 18.5 Å². The van der Waals surface area contributed by atoms with Gasteiger partial charge in [-0.05, 0) is 55.5 Å². The Labute approximate surface area is 147 Å². The molecular weight excluding hydrogens is 320 g/mol. The van der Waals surface area contributed by atoms with E-state index in [1.165, 1.54) is 0 Å². The lowest BCUT2D eigenvalue weighted by molar-refractivity contribution is -0.123. The Hall–Kier alpha value is -3.02. The number of carbonyl (C=O) groups excluding carboxylic acids is 2. The number of hydrogen-bond donors (Lipinski definition) is 2. The number of amides is 2. The molecule has 2 aromatic rings. The molecule has 2 N–H and O–H groups in total. The number of anilines is 1. The predicted octanol–water partition coefficient (Wildman–Crippen LogP) is 3.34. The quantitative estimate of drug-likeness (QED) is 0.771. The minimum Gasteiger partial charge on any atom is -0.494 e. The molecule has 0 aromatic heterocycles. The molecule has 0 aliphatic heterocycles. The third-order valence-electron chi connectivity index (χ3n) is 3.28. The zero-order valence-electron chi connectivity index (χ0n) is 14.4. The lowest BCUT2D eigenvalue weighted by atomic mass is 10.3. The average molecular weight is 342 g/mol. The Morgan fingerprint density at radius 1 is 0.840 bits per heavy atom. The molecule has 0 saturated heterocycles. The summed E-state index contributed by atoms with van der Waals surface area (Å²) in [5, 5.41) is 5.23. The highest BCUT2D eigenvalue weighted by Crippen LogP contribution is 2.25. The average Bonchev–Trinajstić information content (AvgIpc) is 2.63. The van der Waals surface area contributed by atoms with Crippen LogP contribution in [0.5, 0.6) is 17.2 Å². The van der Waals surface area contributed by atoms with Gasteiger partial charge >= 0.3 is 0 Å². The number of ether oxygens (including phenoxy) is 2. The summed E-state index contributed by atoms with van der Waals surface area (Å²) in [5.41, 5.74) is 0.634. The highest BCUT2D eigenvalue weighted by Gasteiger charge is 2.05. The van der Waals surface area contributed by atoms with Gasteiger partial charge in [0.2, 0.25) is 11.8 Å². The molecule has 0 fully saturated rings. The van der Waals surface area contributed by atoms with Crippen molar-refractivity contribution in [3.8, 4) is 17.2 Å². The molecule has 2 amide bonds. The summed E-state index contributed by atoms with van der Waals surface area (Å²) in [6, 6.07) is 14.4. The molecular formula is C19H22N2O4. The Morgan fingerprint density at radius 3 is 1.96 bits per heavy atom. The van der Waals surface area contributed by atoms with Crippen LogP contribution in [-0.4, -0.2) is 25.0 Å². The van der Waals surface area contributed by atoms with Gasteiger partial charge in [-0.3, -0.25) is 9.59 Å². The molecule has 2 aromatic carbocycles. The van der Waals surface area contributed by atoms with Crippen LogP contribution in [0.25, 0.3) is 0 Å². The number of hydrogen-bond acceptors (Lipinski definition) is 4. The Bertz CT molecular complexity index is 696. The van der Waals surface area contributed by atoms with Crippen LogP contribution in [0.2, 0.25) is 0 Å². The first kappa shape index (κ1) is 18.3. The van der Waals surface area contributed by atoms with Gasteiger partial charge in [-0.25, -0.2) is 0 Å². The molecule has 132 valence electrons. The van der Waals surface area contributed by atoms with Crippen LogP contribution < -0.4 is 20.1 Å². The van der Waals surface area contributed by atoms with E-state index in [0.29, 0.717) is 30.2 Å². The van der Waals surface area contributed by atoms with E-state index in [1.807, 2.05) is 31.2 Å². The summed E-state index contributed by atoms with van der Waals surface area (Å²) in [5.74, 6) is 1.71. The molecule has 0 heterocycles. The van der Waals surface area contributed by atoms with E-state index in [0.717, 1.165) is 5.75 Å². The second-order valence-corrected chi connectivity index (χ2v) is 5.21. The van der Waals surface area contributed by atoms with Crippen molar-refractivity contribution in [2.45, 2.75) is 20.3 Å². The molecule has 0 spiro atoms. The van der Waals surface area contributed by atoms with Crippen molar-refractivity contribution in [2.24, 2.45) is 0 Å². The van der Waals surface area contributed by atoms with Crippen molar-refractivity contribution in [3.63, 3.8) is 0 Å². The first-order chi connectivity index (χ1) is 12.1. The van der Waals surface area contributed by atoms with Gasteiger partial charge in [0, 0.05) is 12.1 Å². The van der Waals surface area contributed by atoms with E-state index in [1.54, 1.807) is 31.2 Å². The maximum Gasteiger partial charge on any atom is 0.243 e. The van der Waals surface area contributed by atoms with Gasteiger partial charge in [0.05, 0.1) is 13.2 Å². The molecule has 0 radical (unpaired) electrons. The zero-order chi connectivity index (χ0) is 18.1. The van der Waals surface area contributed by atoms with Crippen LogP contribution in [0.1, 0.15) is 20.3 Å². The number of carbonyl (C=O) groups is 2. The first-order valence-electron chi connectivity index (χ1n) is 8.18. The SMILES string of the molecule is CCOc1ccc(Oc2ccc(NC(=O)CNC(=O)CC)cc2)cc1. The predicted molar refractivity (Wildman–Crippen MR) is 96.1 cm³/mol. The van der Waals surface area contributed by atoms with Crippen molar-refractivity contribution >= 4 is 17.5 Å². The van der Waals surface area contributed by atoms with Crippen LogP contribution in [0.15, 0.2) is 48.5 Å². The maximum absolute atomic E-state index is 11.7. The fourth-order valence-corrected chi connectivity index (χ4v) is 2.02. The van der Waals surface area contributed by atoms with Gasteiger partial charge in [-0.2, -0.15) is 0 Å². The zero-order valence-corrected chi connectivity index (χ0v) is 14.4. The largest absolute Gasteiger partial charge is 0.494 e. The number of benzene rings is 2. The summed E-state index contributed by atoms with van der Waals surface area (Å²) in [7, 11) is 0. The highest BCUT2D eigenvalue weighted by molar-refractivity contribution is 5.94. The molecule has 0 aliphatic rings. The van der Waals surface area contributed by atoms with E-state index in [-0.39, 0.29) is 18.4 Å². The van der Waals surface area contributed by atoms with Crippen LogP contribution >= 0.6 is 0 Å². The van der Waals surface area contributed by atoms with Gasteiger partial charge in [-0.15, -0.1) is 0 Å². The van der Waals surface area contributed by atoms with E-state index < -0.39 is 0 Å². The fourth-order valence-electron chi connectivity index (χ4n) is 2.02. The smallest absolute Gasteiger partial charge is 0.243 e. The Kier molecular flexibility index (Phi) is 6.83. The van der Waals surface area contributed by atoms with Crippen molar-refractivity contribution in [3.05, 3.63) is 48.5 Å². The Morgan fingerprint density at radius 2 is 1.40 bits per heavy atom. The summed E-state index contributed by atoms with van der Waals surface area (Å²) < 4.78 is 11.1. The first-order valence-corrected chi connectivity index (χ1v) is 8.18. The monoisotopic (exact) mass is 342 g/mol. The molecule has 0 bridgehead atoms. The van der Waals surface area contributed by atoms with Gasteiger partial charge in [0.1, 0.15) is 17.2 Å². The van der Waals surface area contributed by atoms with Crippen LogP contribution in [0.3, 0.4) is 0 Å². The molecule has 25 heavy (non-hydrogen) atoms. The molecule has 0 saturated carbocycles. The lowest BCUT2D eigenvalue weighted by Crippen LogP contribution is -2.32. The number of nitrogens with one attached hydrogen (secondary N) is 2. The summed E-state index contributed by atoms with van der Waals surface area (Å²) in [6.45, 7) is 4.24. The number of rotatable bonds is 8. The highest BCUT2D eigenvalue weighted by atomic mass is 16.5. The van der Waals surface area contributed by atoms with Crippen molar-refractivity contribution in [1.82, 2.24) is 5.32 Å².